The van der Waals surface area contributed by atoms with Gasteiger partial charge in [0.25, 0.3) is 0 Å². The van der Waals surface area contributed by atoms with Crippen LogP contribution in [0.15, 0.2) is 6.20 Å². The van der Waals surface area contributed by atoms with Gasteiger partial charge >= 0.3 is 0 Å². The van der Waals surface area contributed by atoms with E-state index >= 15 is 0 Å². The quantitative estimate of drug-likeness (QED) is 0.807. The summed E-state index contributed by atoms with van der Waals surface area (Å²) in [5.41, 5.74) is 1.14. The van der Waals surface area contributed by atoms with Crippen LogP contribution in [-0.4, -0.2) is 15.6 Å². The Hall–Kier alpha value is -0.990. The molecule has 1 aromatic heterocycles. The lowest BCUT2D eigenvalue weighted by Crippen LogP contribution is -2.23. The van der Waals surface area contributed by atoms with Crippen molar-refractivity contribution in [2.45, 2.75) is 84.2 Å². The molecule has 1 N–H and O–H groups in total. The summed E-state index contributed by atoms with van der Waals surface area (Å²) in [5.74, 6) is 1.10. The van der Waals surface area contributed by atoms with E-state index in [1.54, 1.807) is 0 Å². The summed E-state index contributed by atoms with van der Waals surface area (Å²) in [6, 6.07) is 1.23. The average Bonchev–Trinajstić information content (AvgIpc) is 2.80. The highest BCUT2D eigenvalue weighted by molar-refractivity contribution is 5.31. The molecule has 0 aromatic carbocycles. The third kappa shape index (κ3) is 3.74. The molecule has 1 aliphatic rings. The largest absolute Gasteiger partial charge is 0.353 e. The van der Waals surface area contributed by atoms with Crippen LogP contribution in [-0.2, 0) is 0 Å². The van der Waals surface area contributed by atoms with Crippen LogP contribution in [0.2, 0.25) is 0 Å². The summed E-state index contributed by atoms with van der Waals surface area (Å²) >= 11 is 0. The number of rotatable bonds is 6. The molecule has 3 heteroatoms. The lowest BCUT2D eigenvalue weighted by atomic mass is 9.95. The number of aryl methyl sites for hydroxylation is 1. The summed E-state index contributed by atoms with van der Waals surface area (Å²) in [4.78, 5) is 4.71. The van der Waals surface area contributed by atoms with Crippen molar-refractivity contribution in [3.63, 3.8) is 0 Å². The average molecular weight is 263 g/mol. The van der Waals surface area contributed by atoms with E-state index < -0.39 is 0 Å². The van der Waals surface area contributed by atoms with Crippen molar-refractivity contribution in [3.05, 3.63) is 11.9 Å². The first-order chi connectivity index (χ1) is 9.24. The van der Waals surface area contributed by atoms with Gasteiger partial charge in [0, 0.05) is 18.3 Å². The second-order valence-electron chi connectivity index (χ2n) is 5.94. The fourth-order valence-electron chi connectivity index (χ4n) is 3.17. The van der Waals surface area contributed by atoms with Crippen molar-refractivity contribution in [1.29, 1.82) is 0 Å². The van der Waals surface area contributed by atoms with Crippen molar-refractivity contribution in [1.82, 2.24) is 9.55 Å². The van der Waals surface area contributed by atoms with Crippen LogP contribution in [0.1, 0.15) is 76.9 Å². The van der Waals surface area contributed by atoms with Crippen molar-refractivity contribution in [3.8, 4) is 0 Å². The second-order valence-corrected chi connectivity index (χ2v) is 5.94. The molecular weight excluding hydrogens is 234 g/mol. The van der Waals surface area contributed by atoms with Crippen LogP contribution in [0.25, 0.3) is 0 Å². The molecule has 0 amide bonds. The first-order valence-corrected chi connectivity index (χ1v) is 8.06. The van der Waals surface area contributed by atoms with E-state index in [-0.39, 0.29) is 0 Å². The van der Waals surface area contributed by atoms with E-state index in [4.69, 9.17) is 4.98 Å². The van der Waals surface area contributed by atoms with Crippen LogP contribution in [0.3, 0.4) is 0 Å². The Morgan fingerprint density at radius 1 is 1.32 bits per heavy atom. The van der Waals surface area contributed by atoms with Crippen LogP contribution >= 0.6 is 0 Å². The first-order valence-electron chi connectivity index (χ1n) is 8.06. The summed E-state index contributed by atoms with van der Waals surface area (Å²) in [7, 11) is 0. The number of aromatic nitrogens is 2. The lowest BCUT2D eigenvalue weighted by molar-refractivity contribution is 0.355. The van der Waals surface area contributed by atoms with Crippen LogP contribution in [0.4, 0.5) is 5.95 Å². The molecule has 19 heavy (non-hydrogen) atoms. The van der Waals surface area contributed by atoms with E-state index in [1.165, 1.54) is 51.4 Å². The highest BCUT2D eigenvalue weighted by Crippen LogP contribution is 2.31. The molecule has 0 bridgehead atoms. The molecule has 108 valence electrons. The van der Waals surface area contributed by atoms with Crippen molar-refractivity contribution >= 4 is 5.95 Å². The molecule has 0 aliphatic heterocycles. The van der Waals surface area contributed by atoms with Gasteiger partial charge in [0.05, 0.1) is 5.69 Å². The summed E-state index contributed by atoms with van der Waals surface area (Å²) in [5, 5.41) is 3.67. The normalized spacial score (nSPS) is 18.5. The van der Waals surface area contributed by atoms with Gasteiger partial charge in [0.1, 0.15) is 0 Å². The van der Waals surface area contributed by atoms with E-state index in [0.717, 1.165) is 11.6 Å². The van der Waals surface area contributed by atoms with Gasteiger partial charge in [0.2, 0.25) is 5.95 Å². The number of hydrogen-bond donors (Lipinski definition) is 1. The summed E-state index contributed by atoms with van der Waals surface area (Å²) < 4.78 is 2.41. The van der Waals surface area contributed by atoms with Gasteiger partial charge in [-0.2, -0.15) is 0 Å². The van der Waals surface area contributed by atoms with E-state index in [9.17, 15) is 0 Å². The fourth-order valence-corrected chi connectivity index (χ4v) is 3.17. The fraction of sp³-hybridized carbons (Fsp3) is 0.812. The molecule has 1 saturated carbocycles. The topological polar surface area (TPSA) is 29.9 Å². The maximum Gasteiger partial charge on any atom is 0.203 e. The molecular formula is C16H29N3. The Morgan fingerprint density at radius 2 is 2.05 bits per heavy atom. The van der Waals surface area contributed by atoms with Crippen LogP contribution in [0.5, 0.6) is 0 Å². The number of nitrogens with zero attached hydrogens (tertiary/aromatic N) is 2. The predicted octanol–water partition coefficient (Wildman–Crippen LogP) is 4.69. The van der Waals surface area contributed by atoms with Gasteiger partial charge in [-0.25, -0.2) is 4.98 Å². The zero-order valence-corrected chi connectivity index (χ0v) is 12.8. The zero-order chi connectivity index (χ0) is 13.7. The summed E-state index contributed by atoms with van der Waals surface area (Å²) in [6.45, 7) is 6.61. The molecule has 1 aliphatic carbocycles. The Balaban J connectivity index is 2.10. The van der Waals surface area contributed by atoms with Gasteiger partial charge in [-0.15, -0.1) is 0 Å². The maximum absolute atomic E-state index is 4.71. The molecule has 0 saturated heterocycles. The van der Waals surface area contributed by atoms with Crippen molar-refractivity contribution in [2.24, 2.45) is 0 Å². The minimum atomic E-state index is 0.564. The van der Waals surface area contributed by atoms with E-state index in [0.29, 0.717) is 12.1 Å². The third-order valence-electron chi connectivity index (χ3n) is 4.28. The predicted molar refractivity (Wildman–Crippen MR) is 81.7 cm³/mol. The molecule has 1 aromatic rings. The monoisotopic (exact) mass is 263 g/mol. The highest BCUT2D eigenvalue weighted by atomic mass is 15.2. The van der Waals surface area contributed by atoms with Crippen molar-refractivity contribution < 1.29 is 0 Å². The van der Waals surface area contributed by atoms with Crippen molar-refractivity contribution in [2.75, 3.05) is 5.32 Å². The Morgan fingerprint density at radius 3 is 2.68 bits per heavy atom. The minimum absolute atomic E-state index is 0.564. The lowest BCUT2D eigenvalue weighted by Gasteiger charge is -2.26. The molecule has 1 heterocycles. The highest BCUT2D eigenvalue weighted by Gasteiger charge is 2.19. The smallest absolute Gasteiger partial charge is 0.203 e. The van der Waals surface area contributed by atoms with Gasteiger partial charge < -0.3 is 9.88 Å². The van der Waals surface area contributed by atoms with Crippen LogP contribution in [0, 0.1) is 6.92 Å². The molecule has 3 nitrogen and oxygen atoms in total. The number of hydrogen-bond acceptors (Lipinski definition) is 2. The van der Waals surface area contributed by atoms with E-state index in [1.807, 2.05) is 0 Å². The SMILES string of the molecule is CCCC(CC)Nc1nc(C)cn1C1CCCCC1. The molecule has 2 rings (SSSR count). The molecule has 1 fully saturated rings. The Kier molecular flexibility index (Phi) is 5.29. The molecule has 1 unspecified atom stereocenters. The second kappa shape index (κ2) is 6.97. The maximum atomic E-state index is 4.71. The van der Waals surface area contributed by atoms with Gasteiger partial charge in [-0.05, 0) is 32.6 Å². The Labute approximate surface area is 117 Å². The molecule has 1 atom stereocenters. The Bertz CT molecular complexity index is 377. The number of imidazole rings is 1. The standard InChI is InChI=1S/C16H29N3/c1-4-9-14(5-2)18-16-17-13(3)12-19(16)15-10-7-6-8-11-15/h12,14-15H,4-11H2,1-3H3,(H,17,18). The van der Waals surface area contributed by atoms with Gasteiger partial charge in [-0.3, -0.25) is 0 Å². The number of anilines is 1. The van der Waals surface area contributed by atoms with E-state index in [2.05, 4.69) is 36.9 Å². The first kappa shape index (κ1) is 14.4. The van der Waals surface area contributed by atoms with Gasteiger partial charge in [-0.1, -0.05) is 39.5 Å². The zero-order valence-electron chi connectivity index (χ0n) is 12.8. The van der Waals surface area contributed by atoms with Crippen LogP contribution < -0.4 is 5.32 Å². The van der Waals surface area contributed by atoms with Gasteiger partial charge in [0.15, 0.2) is 0 Å². The third-order valence-corrected chi connectivity index (χ3v) is 4.28. The number of nitrogens with one attached hydrogen (secondary N) is 1. The molecule has 0 spiro atoms. The summed E-state index contributed by atoms with van der Waals surface area (Å²) in [6.07, 6.45) is 12.6. The molecule has 0 radical (unpaired) electrons. The minimum Gasteiger partial charge on any atom is -0.353 e.